The summed E-state index contributed by atoms with van der Waals surface area (Å²) in [7, 11) is 0. The van der Waals surface area contributed by atoms with Crippen molar-refractivity contribution in [1.29, 1.82) is 0 Å². The van der Waals surface area contributed by atoms with Gasteiger partial charge in [0.05, 0.1) is 0 Å². The lowest BCUT2D eigenvalue weighted by Gasteiger charge is -2.43. The van der Waals surface area contributed by atoms with Crippen LogP contribution in [-0.4, -0.2) is 0 Å². The molecule has 0 aliphatic carbocycles. The molecule has 0 saturated carbocycles. The van der Waals surface area contributed by atoms with Crippen LogP contribution in [0.4, 0.5) is 0 Å². The Morgan fingerprint density at radius 3 is 1.18 bits per heavy atom. The molecule has 0 aromatic carbocycles. The van der Waals surface area contributed by atoms with E-state index in [1.165, 1.54) is 19.3 Å². The van der Waals surface area contributed by atoms with Crippen LogP contribution in [0.1, 0.15) is 60.8 Å². The maximum Gasteiger partial charge on any atom is -0.0280 e. The van der Waals surface area contributed by atoms with Crippen molar-refractivity contribution in [2.45, 2.75) is 60.8 Å². The summed E-state index contributed by atoms with van der Waals surface area (Å²) in [4.78, 5) is 0. The van der Waals surface area contributed by atoms with Gasteiger partial charge in [0.1, 0.15) is 0 Å². The maximum atomic E-state index is 2.41. The van der Waals surface area contributed by atoms with E-state index in [4.69, 9.17) is 0 Å². The molecule has 0 atom stereocenters. The van der Waals surface area contributed by atoms with Crippen molar-refractivity contribution in [2.75, 3.05) is 0 Å². The number of hydrogen-bond acceptors (Lipinski definition) is 0. The van der Waals surface area contributed by atoms with Gasteiger partial charge in [0, 0.05) is 0 Å². The first kappa shape index (κ1) is 11.0. The molecule has 0 heteroatoms. The molecule has 0 N–H and O–H groups in total. The molecule has 0 aliphatic heterocycles. The molecule has 0 bridgehead atoms. The van der Waals surface area contributed by atoms with Gasteiger partial charge in [-0.3, -0.25) is 0 Å². The van der Waals surface area contributed by atoms with Gasteiger partial charge in [0.25, 0.3) is 0 Å². The van der Waals surface area contributed by atoms with E-state index in [0.29, 0.717) is 10.8 Å². The molecule has 0 nitrogen and oxygen atoms in total. The molecule has 0 aliphatic rings. The third-order valence-corrected chi connectivity index (χ3v) is 4.08. The Bertz CT molecular complexity index is 107. The summed E-state index contributed by atoms with van der Waals surface area (Å²) >= 11 is 0. The fourth-order valence-corrected chi connectivity index (χ4v) is 1.63. The first-order valence-corrected chi connectivity index (χ1v) is 4.93. The molecule has 0 fully saturated rings. The highest BCUT2D eigenvalue weighted by molar-refractivity contribution is 4.86. The fourth-order valence-electron chi connectivity index (χ4n) is 1.63. The summed E-state index contributed by atoms with van der Waals surface area (Å²) in [5.41, 5.74) is 1.03. The van der Waals surface area contributed by atoms with E-state index in [1.54, 1.807) is 0 Å². The van der Waals surface area contributed by atoms with Gasteiger partial charge in [-0.15, -0.1) is 0 Å². The van der Waals surface area contributed by atoms with Crippen molar-refractivity contribution in [3.63, 3.8) is 0 Å². The second-order valence-corrected chi connectivity index (χ2v) is 4.51. The molecule has 0 amide bonds. The normalized spacial score (nSPS) is 13.6. The van der Waals surface area contributed by atoms with E-state index in [-0.39, 0.29) is 0 Å². The Labute approximate surface area is 72.4 Å². The van der Waals surface area contributed by atoms with Crippen LogP contribution in [0.15, 0.2) is 0 Å². The zero-order valence-electron chi connectivity index (χ0n) is 9.12. The quantitative estimate of drug-likeness (QED) is 0.571. The second-order valence-electron chi connectivity index (χ2n) is 4.51. The molecule has 0 aromatic rings. The van der Waals surface area contributed by atoms with Crippen molar-refractivity contribution < 1.29 is 0 Å². The molecule has 0 unspecified atom stereocenters. The van der Waals surface area contributed by atoms with Crippen molar-refractivity contribution >= 4 is 0 Å². The fraction of sp³-hybridized carbons (Fsp3) is 1.00. The van der Waals surface area contributed by atoms with Gasteiger partial charge in [-0.25, -0.2) is 0 Å². The van der Waals surface area contributed by atoms with Crippen molar-refractivity contribution in [3.8, 4) is 0 Å². The molecule has 0 rings (SSSR count). The predicted octanol–water partition coefficient (Wildman–Crippen LogP) is 4.25. The van der Waals surface area contributed by atoms with Gasteiger partial charge in [0.2, 0.25) is 0 Å². The van der Waals surface area contributed by atoms with Crippen LogP contribution in [-0.2, 0) is 0 Å². The molecule has 11 heavy (non-hydrogen) atoms. The Hall–Kier alpha value is 0. The molecule has 0 radical (unpaired) electrons. The highest BCUT2D eigenvalue weighted by Crippen LogP contribution is 2.46. The molecule has 0 heterocycles. The first-order valence-electron chi connectivity index (χ1n) is 4.93. The molecule has 0 spiro atoms. The standard InChI is InChI=1S/C11H24/c1-7-10(4,5)11(6,8-2)9-3/h7-9H2,1-6H3. The number of rotatable bonds is 4. The zero-order chi connectivity index (χ0) is 9.12. The van der Waals surface area contributed by atoms with E-state index in [2.05, 4.69) is 41.5 Å². The molecular weight excluding hydrogens is 132 g/mol. The monoisotopic (exact) mass is 156 g/mol. The Morgan fingerprint density at radius 1 is 0.727 bits per heavy atom. The van der Waals surface area contributed by atoms with E-state index in [1.807, 2.05) is 0 Å². The molecule has 0 aromatic heterocycles. The lowest BCUT2D eigenvalue weighted by Crippen LogP contribution is -2.33. The van der Waals surface area contributed by atoms with Crippen LogP contribution in [0.3, 0.4) is 0 Å². The van der Waals surface area contributed by atoms with E-state index < -0.39 is 0 Å². The van der Waals surface area contributed by atoms with Crippen LogP contribution in [0, 0.1) is 10.8 Å². The van der Waals surface area contributed by atoms with E-state index >= 15 is 0 Å². The summed E-state index contributed by atoms with van der Waals surface area (Å²) in [6.45, 7) is 14.1. The van der Waals surface area contributed by atoms with Crippen molar-refractivity contribution in [1.82, 2.24) is 0 Å². The average Bonchev–Trinajstić information content (AvgIpc) is 2.02. The highest BCUT2D eigenvalue weighted by atomic mass is 14.4. The Morgan fingerprint density at radius 2 is 1.09 bits per heavy atom. The van der Waals surface area contributed by atoms with Gasteiger partial charge in [-0.05, 0) is 10.8 Å². The largest absolute Gasteiger partial charge is 0.0649 e. The van der Waals surface area contributed by atoms with Crippen LogP contribution < -0.4 is 0 Å². The van der Waals surface area contributed by atoms with Crippen molar-refractivity contribution in [2.24, 2.45) is 10.8 Å². The topological polar surface area (TPSA) is 0 Å². The van der Waals surface area contributed by atoms with Crippen LogP contribution in [0.5, 0.6) is 0 Å². The second kappa shape index (κ2) is 3.60. The van der Waals surface area contributed by atoms with Crippen LogP contribution in [0.25, 0.3) is 0 Å². The van der Waals surface area contributed by atoms with Crippen LogP contribution in [0.2, 0.25) is 0 Å². The highest BCUT2D eigenvalue weighted by Gasteiger charge is 2.35. The van der Waals surface area contributed by atoms with E-state index in [0.717, 1.165) is 0 Å². The minimum Gasteiger partial charge on any atom is -0.0649 e. The Kier molecular flexibility index (Phi) is 3.60. The molecule has 68 valence electrons. The third kappa shape index (κ3) is 1.98. The summed E-state index contributed by atoms with van der Waals surface area (Å²) in [5.74, 6) is 0. The smallest absolute Gasteiger partial charge is 0.0280 e. The SMILES string of the molecule is CCC(C)(C)C(C)(CC)CC. The molecule has 0 saturated heterocycles. The first-order chi connectivity index (χ1) is 4.93. The number of hydrogen-bond donors (Lipinski definition) is 0. The van der Waals surface area contributed by atoms with Crippen molar-refractivity contribution in [3.05, 3.63) is 0 Å². The third-order valence-electron chi connectivity index (χ3n) is 4.08. The maximum absolute atomic E-state index is 2.41. The van der Waals surface area contributed by atoms with Crippen LogP contribution >= 0.6 is 0 Å². The average molecular weight is 156 g/mol. The lowest BCUT2D eigenvalue weighted by atomic mass is 9.62. The summed E-state index contributed by atoms with van der Waals surface area (Å²) < 4.78 is 0. The van der Waals surface area contributed by atoms with Gasteiger partial charge >= 0.3 is 0 Å². The predicted molar refractivity (Wildman–Crippen MR) is 52.8 cm³/mol. The van der Waals surface area contributed by atoms with Gasteiger partial charge in [-0.1, -0.05) is 60.8 Å². The summed E-state index contributed by atoms with van der Waals surface area (Å²) in [6.07, 6.45) is 3.87. The van der Waals surface area contributed by atoms with Gasteiger partial charge in [-0.2, -0.15) is 0 Å². The lowest BCUT2D eigenvalue weighted by molar-refractivity contribution is 0.0736. The van der Waals surface area contributed by atoms with Gasteiger partial charge in [0.15, 0.2) is 0 Å². The summed E-state index contributed by atoms with van der Waals surface area (Å²) in [6, 6.07) is 0. The minimum atomic E-state index is 0.497. The summed E-state index contributed by atoms with van der Waals surface area (Å²) in [5, 5.41) is 0. The van der Waals surface area contributed by atoms with Gasteiger partial charge < -0.3 is 0 Å². The molecular formula is C11H24. The Balaban J connectivity index is 4.47. The zero-order valence-corrected chi connectivity index (χ0v) is 9.12. The van der Waals surface area contributed by atoms with E-state index in [9.17, 15) is 0 Å². The minimum absolute atomic E-state index is 0.497.